The number of rotatable bonds is 11. The number of nitrogens with one attached hydrogen (secondary N) is 1. The van der Waals surface area contributed by atoms with Crippen LogP contribution in [0.15, 0.2) is 84.9 Å². The average Bonchev–Trinajstić information content (AvgIpc) is 2.91. The van der Waals surface area contributed by atoms with Crippen molar-refractivity contribution < 1.29 is 4.79 Å². The third kappa shape index (κ3) is 7.78. The van der Waals surface area contributed by atoms with Gasteiger partial charge in [0.1, 0.15) is 0 Å². The number of carbonyl (C=O) groups excluding carboxylic acids is 1. The van der Waals surface area contributed by atoms with Crippen LogP contribution in [0.1, 0.15) is 42.0 Å². The Morgan fingerprint density at radius 3 is 2.00 bits per heavy atom. The lowest BCUT2D eigenvalue weighted by Crippen LogP contribution is -2.54. The van der Waals surface area contributed by atoms with Gasteiger partial charge in [-0.2, -0.15) is 0 Å². The molecule has 35 heavy (non-hydrogen) atoms. The normalized spacial score (nSPS) is 15.2. The molecule has 4 heteroatoms. The van der Waals surface area contributed by atoms with E-state index in [1.165, 1.54) is 35.1 Å². The summed E-state index contributed by atoms with van der Waals surface area (Å²) in [7, 11) is 0. The third-order valence-corrected chi connectivity index (χ3v) is 6.91. The molecule has 1 aliphatic rings. The monoisotopic (exact) mass is 469 g/mol. The van der Waals surface area contributed by atoms with Gasteiger partial charge in [-0.25, -0.2) is 0 Å². The molecule has 0 bridgehead atoms. The molecule has 0 radical (unpaired) electrons. The second-order valence-electron chi connectivity index (χ2n) is 9.63. The molecular formula is C31H39N3O. The topological polar surface area (TPSA) is 35.6 Å². The summed E-state index contributed by atoms with van der Waals surface area (Å²) in [6.45, 7) is 7.27. The number of aryl methyl sites for hydroxylation is 1. The molecule has 184 valence electrons. The number of benzene rings is 3. The molecular weight excluding hydrogens is 430 g/mol. The summed E-state index contributed by atoms with van der Waals surface area (Å²) in [6.07, 6.45) is 4.28. The zero-order valence-corrected chi connectivity index (χ0v) is 21.0. The van der Waals surface area contributed by atoms with Gasteiger partial charge in [0.05, 0.1) is 6.04 Å². The van der Waals surface area contributed by atoms with Crippen LogP contribution in [0.5, 0.6) is 0 Å². The highest BCUT2D eigenvalue weighted by Gasteiger charge is 2.27. The Hall–Kier alpha value is -2.95. The van der Waals surface area contributed by atoms with Crippen molar-refractivity contribution in [2.75, 3.05) is 26.2 Å². The summed E-state index contributed by atoms with van der Waals surface area (Å²) in [5, 5.41) is 3.59. The minimum Gasteiger partial charge on any atom is -0.339 e. The molecule has 1 atom stereocenters. The van der Waals surface area contributed by atoms with Crippen LogP contribution < -0.4 is 5.32 Å². The SMILES string of the molecule is CCCCc1ccc(CN[C@@H](Cc2ccccc2)C(=O)N2CCN(Cc3ccccc3)CC2)cc1. The number of hydrogen-bond donors (Lipinski definition) is 1. The Labute approximate surface area is 211 Å². The Kier molecular flexibility index (Phi) is 9.50. The molecule has 0 saturated carbocycles. The molecule has 0 unspecified atom stereocenters. The van der Waals surface area contributed by atoms with E-state index in [2.05, 4.69) is 88.8 Å². The van der Waals surface area contributed by atoms with Crippen molar-refractivity contribution in [3.8, 4) is 0 Å². The van der Waals surface area contributed by atoms with E-state index < -0.39 is 0 Å². The molecule has 4 nitrogen and oxygen atoms in total. The minimum atomic E-state index is -0.224. The van der Waals surface area contributed by atoms with E-state index in [0.29, 0.717) is 13.0 Å². The van der Waals surface area contributed by atoms with Crippen LogP contribution in [0.3, 0.4) is 0 Å². The molecule has 0 aromatic heterocycles. The van der Waals surface area contributed by atoms with Crippen molar-refractivity contribution in [3.05, 3.63) is 107 Å². The van der Waals surface area contributed by atoms with E-state index >= 15 is 0 Å². The van der Waals surface area contributed by atoms with Gasteiger partial charge in [-0.15, -0.1) is 0 Å². The molecule has 1 heterocycles. The maximum absolute atomic E-state index is 13.6. The minimum absolute atomic E-state index is 0.216. The Morgan fingerprint density at radius 2 is 1.37 bits per heavy atom. The first-order chi connectivity index (χ1) is 17.2. The highest BCUT2D eigenvalue weighted by atomic mass is 16.2. The van der Waals surface area contributed by atoms with Crippen molar-refractivity contribution in [1.29, 1.82) is 0 Å². The van der Waals surface area contributed by atoms with Crippen LogP contribution in [-0.4, -0.2) is 47.9 Å². The first-order valence-corrected chi connectivity index (χ1v) is 13.1. The summed E-state index contributed by atoms with van der Waals surface area (Å²) in [5.74, 6) is 0.216. The second-order valence-corrected chi connectivity index (χ2v) is 9.63. The van der Waals surface area contributed by atoms with Crippen molar-refractivity contribution in [2.24, 2.45) is 0 Å². The van der Waals surface area contributed by atoms with Gasteiger partial charge >= 0.3 is 0 Å². The van der Waals surface area contributed by atoms with Crippen molar-refractivity contribution >= 4 is 5.91 Å². The fourth-order valence-corrected chi connectivity index (χ4v) is 4.73. The number of piperazine rings is 1. The number of unbranched alkanes of at least 4 members (excludes halogenated alkanes) is 1. The van der Waals surface area contributed by atoms with Crippen LogP contribution in [0.25, 0.3) is 0 Å². The van der Waals surface area contributed by atoms with Gasteiger partial charge in [-0.05, 0) is 41.5 Å². The lowest BCUT2D eigenvalue weighted by atomic mass is 10.0. The summed E-state index contributed by atoms with van der Waals surface area (Å²) in [5.41, 5.74) is 5.14. The van der Waals surface area contributed by atoms with Gasteiger partial charge in [0.25, 0.3) is 0 Å². The molecule has 1 fully saturated rings. The standard InChI is InChI=1S/C31H39N3O/c1-2-3-10-26-15-17-28(18-16-26)24-32-30(23-27-11-6-4-7-12-27)31(35)34-21-19-33(20-22-34)25-29-13-8-5-9-14-29/h4-9,11-18,30,32H,2-3,10,19-25H2,1H3/t30-/m0/s1. The van der Waals surface area contributed by atoms with E-state index in [-0.39, 0.29) is 11.9 Å². The lowest BCUT2D eigenvalue weighted by Gasteiger charge is -2.36. The van der Waals surface area contributed by atoms with Crippen molar-refractivity contribution in [3.63, 3.8) is 0 Å². The Bertz CT molecular complexity index is 1010. The number of hydrogen-bond acceptors (Lipinski definition) is 3. The zero-order valence-electron chi connectivity index (χ0n) is 21.0. The quantitative estimate of drug-likeness (QED) is 0.426. The van der Waals surface area contributed by atoms with Gasteiger partial charge in [0.2, 0.25) is 5.91 Å². The fourth-order valence-electron chi connectivity index (χ4n) is 4.73. The molecule has 3 aromatic rings. The van der Waals surface area contributed by atoms with Gasteiger partial charge in [-0.3, -0.25) is 9.69 Å². The lowest BCUT2D eigenvalue weighted by molar-refractivity contribution is -0.135. The third-order valence-electron chi connectivity index (χ3n) is 6.91. The Balaban J connectivity index is 1.35. The summed E-state index contributed by atoms with van der Waals surface area (Å²) in [6, 6.07) is 29.6. The fraction of sp³-hybridized carbons (Fsp3) is 0.387. The van der Waals surface area contributed by atoms with Gasteiger partial charge in [0.15, 0.2) is 0 Å². The molecule has 1 saturated heterocycles. The predicted molar refractivity (Wildman–Crippen MR) is 144 cm³/mol. The van der Waals surface area contributed by atoms with E-state index in [9.17, 15) is 4.79 Å². The van der Waals surface area contributed by atoms with Crippen molar-refractivity contribution in [1.82, 2.24) is 15.1 Å². The highest BCUT2D eigenvalue weighted by molar-refractivity contribution is 5.82. The molecule has 1 N–H and O–H groups in total. The summed E-state index contributed by atoms with van der Waals surface area (Å²) < 4.78 is 0. The molecule has 1 amide bonds. The predicted octanol–water partition coefficient (Wildman–Crippen LogP) is 5.07. The number of carbonyl (C=O) groups is 1. The second kappa shape index (κ2) is 13.2. The largest absolute Gasteiger partial charge is 0.339 e. The van der Waals surface area contributed by atoms with Crippen molar-refractivity contribution in [2.45, 2.75) is 51.7 Å². The van der Waals surface area contributed by atoms with Gasteiger partial charge in [-0.1, -0.05) is 98.3 Å². The zero-order chi connectivity index (χ0) is 24.3. The smallest absolute Gasteiger partial charge is 0.240 e. The molecule has 3 aromatic carbocycles. The van der Waals surface area contributed by atoms with Gasteiger partial charge in [0, 0.05) is 39.3 Å². The summed E-state index contributed by atoms with van der Waals surface area (Å²) >= 11 is 0. The van der Waals surface area contributed by atoms with E-state index in [1.54, 1.807) is 0 Å². The maximum Gasteiger partial charge on any atom is 0.240 e. The van der Waals surface area contributed by atoms with Crippen LogP contribution in [0.4, 0.5) is 0 Å². The summed E-state index contributed by atoms with van der Waals surface area (Å²) in [4.78, 5) is 18.1. The molecule has 0 aliphatic carbocycles. The first kappa shape index (κ1) is 25.2. The van der Waals surface area contributed by atoms with E-state index in [4.69, 9.17) is 0 Å². The van der Waals surface area contributed by atoms with E-state index in [1.807, 2.05) is 18.2 Å². The maximum atomic E-state index is 13.6. The van der Waals surface area contributed by atoms with E-state index in [0.717, 1.165) is 39.1 Å². The van der Waals surface area contributed by atoms with Crippen LogP contribution in [0.2, 0.25) is 0 Å². The average molecular weight is 470 g/mol. The highest BCUT2D eigenvalue weighted by Crippen LogP contribution is 2.13. The number of nitrogens with zero attached hydrogens (tertiary/aromatic N) is 2. The first-order valence-electron chi connectivity index (χ1n) is 13.1. The van der Waals surface area contributed by atoms with Crippen LogP contribution in [-0.2, 0) is 30.7 Å². The van der Waals surface area contributed by atoms with Crippen LogP contribution in [0, 0.1) is 0 Å². The Morgan fingerprint density at radius 1 is 0.771 bits per heavy atom. The molecule has 1 aliphatic heterocycles. The van der Waals surface area contributed by atoms with Crippen LogP contribution >= 0.6 is 0 Å². The molecule has 4 rings (SSSR count). The van der Waals surface area contributed by atoms with Gasteiger partial charge < -0.3 is 10.2 Å². The number of amides is 1. The molecule has 0 spiro atoms.